The molecule has 2 fully saturated rings. The van der Waals surface area contributed by atoms with Gasteiger partial charge in [-0.25, -0.2) is 0 Å². The number of nitrogens with one attached hydrogen (secondary N) is 1. The van der Waals surface area contributed by atoms with E-state index in [2.05, 4.69) is 12.2 Å². The van der Waals surface area contributed by atoms with Crippen molar-refractivity contribution in [1.82, 2.24) is 10.2 Å². The molecule has 0 bridgehead atoms. The van der Waals surface area contributed by atoms with Crippen molar-refractivity contribution >= 4 is 11.8 Å². The van der Waals surface area contributed by atoms with Crippen molar-refractivity contribution < 1.29 is 14.3 Å². The summed E-state index contributed by atoms with van der Waals surface area (Å²) in [6.45, 7) is 3.81. The Labute approximate surface area is 137 Å². The molecule has 23 heavy (non-hydrogen) atoms. The number of piperidine rings is 1. The zero-order valence-corrected chi connectivity index (χ0v) is 13.8. The van der Waals surface area contributed by atoms with Crippen LogP contribution in [0.3, 0.4) is 0 Å². The molecule has 0 radical (unpaired) electrons. The highest BCUT2D eigenvalue weighted by atomic mass is 16.5. The second kappa shape index (κ2) is 5.96. The number of likely N-dealkylation sites (tertiary alicyclic amines) is 1. The van der Waals surface area contributed by atoms with Crippen LogP contribution in [0, 0.1) is 0 Å². The Morgan fingerprint density at radius 2 is 1.87 bits per heavy atom. The van der Waals surface area contributed by atoms with Gasteiger partial charge < -0.3 is 15.0 Å². The van der Waals surface area contributed by atoms with Crippen LogP contribution in [-0.4, -0.2) is 49.1 Å². The summed E-state index contributed by atoms with van der Waals surface area (Å²) in [6.07, 6.45) is 1.87. The van der Waals surface area contributed by atoms with Gasteiger partial charge in [0.25, 0.3) is 0 Å². The first-order valence-electron chi connectivity index (χ1n) is 8.16. The zero-order valence-electron chi connectivity index (χ0n) is 13.8. The van der Waals surface area contributed by atoms with Crippen molar-refractivity contribution in [2.24, 2.45) is 0 Å². The van der Waals surface area contributed by atoms with Gasteiger partial charge in [0.05, 0.1) is 5.60 Å². The smallest absolute Gasteiger partial charge is 0.235 e. The molecule has 124 valence electrons. The van der Waals surface area contributed by atoms with Gasteiger partial charge in [-0.2, -0.15) is 0 Å². The summed E-state index contributed by atoms with van der Waals surface area (Å²) in [5.74, 6) is 0.00106. The third-order valence-electron chi connectivity index (χ3n) is 5.39. The lowest BCUT2D eigenvalue weighted by molar-refractivity contribution is -0.142. The van der Waals surface area contributed by atoms with E-state index in [0.29, 0.717) is 19.6 Å². The van der Waals surface area contributed by atoms with Crippen LogP contribution in [0.1, 0.15) is 31.7 Å². The molecular formula is C18H24N2O3. The fraction of sp³-hybridized carbons (Fsp3) is 0.556. The molecule has 0 aliphatic carbocycles. The molecule has 0 saturated carbocycles. The second-order valence-corrected chi connectivity index (χ2v) is 6.85. The first-order valence-corrected chi connectivity index (χ1v) is 8.16. The highest BCUT2D eigenvalue weighted by Crippen LogP contribution is 2.35. The highest BCUT2D eigenvalue weighted by molar-refractivity contribution is 5.97. The van der Waals surface area contributed by atoms with E-state index in [1.807, 2.05) is 35.2 Å². The van der Waals surface area contributed by atoms with Gasteiger partial charge in [0.15, 0.2) is 0 Å². The normalized spacial score (nSPS) is 26.9. The lowest BCUT2D eigenvalue weighted by Gasteiger charge is -2.41. The zero-order chi connectivity index (χ0) is 16.5. The van der Waals surface area contributed by atoms with Crippen molar-refractivity contribution in [3.8, 4) is 0 Å². The molecule has 1 aromatic rings. The molecule has 2 saturated heterocycles. The molecule has 5 nitrogen and oxygen atoms in total. The minimum atomic E-state index is -0.765. The van der Waals surface area contributed by atoms with Gasteiger partial charge in [0, 0.05) is 33.2 Å². The Hall–Kier alpha value is -1.88. The van der Waals surface area contributed by atoms with E-state index in [-0.39, 0.29) is 23.8 Å². The van der Waals surface area contributed by atoms with Crippen LogP contribution < -0.4 is 5.32 Å². The molecule has 5 heteroatoms. The van der Waals surface area contributed by atoms with E-state index in [0.717, 1.165) is 18.4 Å². The maximum absolute atomic E-state index is 13.3. The first-order chi connectivity index (χ1) is 11.0. The third-order valence-corrected chi connectivity index (χ3v) is 5.39. The molecule has 3 rings (SSSR count). The molecular weight excluding hydrogens is 292 g/mol. The van der Waals surface area contributed by atoms with Crippen LogP contribution >= 0.6 is 0 Å². The summed E-state index contributed by atoms with van der Waals surface area (Å²) in [4.78, 5) is 27.0. The Morgan fingerprint density at radius 3 is 2.39 bits per heavy atom. The van der Waals surface area contributed by atoms with Crippen LogP contribution in [0.4, 0.5) is 0 Å². The molecule has 1 aromatic carbocycles. The fourth-order valence-electron chi connectivity index (χ4n) is 3.57. The number of benzene rings is 1. The van der Waals surface area contributed by atoms with Crippen LogP contribution in [0.25, 0.3) is 0 Å². The van der Waals surface area contributed by atoms with Crippen LogP contribution in [0.5, 0.6) is 0 Å². The molecule has 2 heterocycles. The number of rotatable bonds is 3. The molecule has 1 atom stereocenters. The van der Waals surface area contributed by atoms with Crippen LogP contribution in [0.2, 0.25) is 0 Å². The quantitative estimate of drug-likeness (QED) is 0.919. The predicted molar refractivity (Wildman–Crippen MR) is 87.0 cm³/mol. The first kappa shape index (κ1) is 16.0. The van der Waals surface area contributed by atoms with E-state index < -0.39 is 5.41 Å². The summed E-state index contributed by atoms with van der Waals surface area (Å²) in [6, 6.07) is 9.66. The standard InChI is InChI=1S/C18H24N2O3/c1-17(23-2)8-10-20(11-9-17)16(22)18(12-15(21)19-13-18)14-6-4-3-5-7-14/h3-7H,8-13H2,1-2H3,(H,19,21). The molecule has 0 aromatic heterocycles. The number of amides is 2. The Balaban J connectivity index is 1.84. The minimum absolute atomic E-state index is 0.0547. The third kappa shape index (κ3) is 2.85. The van der Waals surface area contributed by atoms with E-state index in [1.54, 1.807) is 7.11 Å². The van der Waals surface area contributed by atoms with E-state index in [9.17, 15) is 9.59 Å². The van der Waals surface area contributed by atoms with Gasteiger partial charge in [0.1, 0.15) is 5.41 Å². The van der Waals surface area contributed by atoms with Crippen molar-refractivity contribution in [2.75, 3.05) is 26.7 Å². The van der Waals surface area contributed by atoms with E-state index in [4.69, 9.17) is 4.74 Å². The minimum Gasteiger partial charge on any atom is -0.378 e. The molecule has 2 amide bonds. The largest absolute Gasteiger partial charge is 0.378 e. The predicted octanol–water partition coefficient (Wildman–Crippen LogP) is 1.47. The second-order valence-electron chi connectivity index (χ2n) is 6.85. The summed E-state index contributed by atoms with van der Waals surface area (Å²) in [7, 11) is 1.72. The number of nitrogens with zero attached hydrogens (tertiary/aromatic N) is 1. The Bertz CT molecular complexity index is 594. The SMILES string of the molecule is COC1(C)CCN(C(=O)C2(c3ccccc3)CNC(=O)C2)CC1. The fourth-order valence-corrected chi connectivity index (χ4v) is 3.57. The maximum atomic E-state index is 13.3. The number of hydrogen-bond donors (Lipinski definition) is 1. The molecule has 2 aliphatic heterocycles. The lowest BCUT2D eigenvalue weighted by Crippen LogP contribution is -2.53. The number of carbonyl (C=O) groups excluding carboxylic acids is 2. The van der Waals surface area contributed by atoms with Crippen molar-refractivity contribution in [3.63, 3.8) is 0 Å². The van der Waals surface area contributed by atoms with Gasteiger partial charge in [0.2, 0.25) is 11.8 Å². The molecule has 1 unspecified atom stereocenters. The summed E-state index contributed by atoms with van der Waals surface area (Å²) >= 11 is 0. The molecule has 0 spiro atoms. The summed E-state index contributed by atoms with van der Waals surface area (Å²) in [5.41, 5.74) is 0.00277. The van der Waals surface area contributed by atoms with Gasteiger partial charge >= 0.3 is 0 Å². The Morgan fingerprint density at radius 1 is 1.22 bits per heavy atom. The van der Waals surface area contributed by atoms with Gasteiger partial charge in [-0.15, -0.1) is 0 Å². The average Bonchev–Trinajstić information content (AvgIpc) is 2.99. The monoisotopic (exact) mass is 316 g/mol. The van der Waals surface area contributed by atoms with Crippen LogP contribution in [0.15, 0.2) is 30.3 Å². The summed E-state index contributed by atoms with van der Waals surface area (Å²) < 4.78 is 5.55. The highest BCUT2D eigenvalue weighted by Gasteiger charge is 2.49. The van der Waals surface area contributed by atoms with Crippen molar-refractivity contribution in [3.05, 3.63) is 35.9 Å². The molecule has 2 aliphatic rings. The molecule has 1 N–H and O–H groups in total. The number of ether oxygens (including phenoxy) is 1. The number of methoxy groups -OCH3 is 1. The maximum Gasteiger partial charge on any atom is 0.235 e. The summed E-state index contributed by atoms with van der Waals surface area (Å²) in [5, 5.41) is 2.85. The van der Waals surface area contributed by atoms with Gasteiger partial charge in [-0.05, 0) is 25.3 Å². The lowest BCUT2D eigenvalue weighted by atomic mass is 9.77. The number of carbonyl (C=O) groups is 2. The average molecular weight is 316 g/mol. The van der Waals surface area contributed by atoms with E-state index >= 15 is 0 Å². The topological polar surface area (TPSA) is 58.6 Å². The van der Waals surface area contributed by atoms with Crippen molar-refractivity contribution in [1.29, 1.82) is 0 Å². The van der Waals surface area contributed by atoms with Crippen LogP contribution in [-0.2, 0) is 19.7 Å². The van der Waals surface area contributed by atoms with Gasteiger partial charge in [-0.3, -0.25) is 9.59 Å². The number of hydrogen-bond acceptors (Lipinski definition) is 3. The van der Waals surface area contributed by atoms with Crippen molar-refractivity contribution in [2.45, 2.75) is 37.2 Å². The Kier molecular flexibility index (Phi) is 4.15. The van der Waals surface area contributed by atoms with E-state index in [1.165, 1.54) is 0 Å². The van der Waals surface area contributed by atoms with Gasteiger partial charge in [-0.1, -0.05) is 30.3 Å².